The highest BCUT2D eigenvalue weighted by molar-refractivity contribution is 5.29. The molecule has 1 aliphatic rings. The number of rotatable bonds is 3. The van der Waals surface area contributed by atoms with Crippen LogP contribution in [0.4, 0.5) is 0 Å². The Balaban J connectivity index is 1.96. The van der Waals surface area contributed by atoms with E-state index in [2.05, 4.69) is 4.98 Å². The molecule has 84 valence electrons. The molecule has 0 amide bonds. The van der Waals surface area contributed by atoms with E-state index in [0.717, 1.165) is 12.8 Å². The summed E-state index contributed by atoms with van der Waals surface area (Å²) in [5.41, 5.74) is 6.36. The molecule has 2 N–H and O–H groups in total. The van der Waals surface area contributed by atoms with Crippen molar-refractivity contribution >= 4 is 0 Å². The van der Waals surface area contributed by atoms with Gasteiger partial charge < -0.3 is 10.5 Å². The summed E-state index contributed by atoms with van der Waals surface area (Å²) in [7, 11) is 0. The third kappa shape index (κ3) is 2.50. The zero-order valence-corrected chi connectivity index (χ0v) is 9.15. The minimum Gasteiger partial charge on any atom is -0.492 e. The van der Waals surface area contributed by atoms with Gasteiger partial charge in [0, 0.05) is 12.3 Å². The monoisotopic (exact) mass is 217 g/mol. The van der Waals surface area contributed by atoms with Crippen LogP contribution in [0.1, 0.15) is 31.4 Å². The molecule has 1 saturated carbocycles. The van der Waals surface area contributed by atoms with Crippen LogP contribution in [0.3, 0.4) is 0 Å². The lowest BCUT2D eigenvalue weighted by atomic mass is 10.0. The maximum Gasteiger partial charge on any atom is 0.144 e. The van der Waals surface area contributed by atoms with E-state index in [9.17, 15) is 0 Å². The van der Waals surface area contributed by atoms with Gasteiger partial charge in [0.25, 0.3) is 0 Å². The minimum atomic E-state index is -0.184. The predicted octanol–water partition coefficient (Wildman–Crippen LogP) is 1.60. The van der Waals surface area contributed by atoms with E-state index in [1.54, 1.807) is 18.3 Å². The number of nitrogens with zero attached hydrogens (tertiary/aromatic N) is 2. The molecule has 0 aliphatic heterocycles. The quantitative estimate of drug-likeness (QED) is 0.834. The molecular weight excluding hydrogens is 202 g/mol. The maximum absolute atomic E-state index is 8.70. The molecule has 16 heavy (non-hydrogen) atoms. The van der Waals surface area contributed by atoms with Gasteiger partial charge >= 0.3 is 0 Å². The second kappa shape index (κ2) is 4.50. The summed E-state index contributed by atoms with van der Waals surface area (Å²) in [5.74, 6) is 0.670. The van der Waals surface area contributed by atoms with E-state index in [4.69, 9.17) is 15.7 Å². The number of hydrogen-bond acceptors (Lipinski definition) is 4. The summed E-state index contributed by atoms with van der Waals surface area (Å²) in [6, 6.07) is 5.37. The summed E-state index contributed by atoms with van der Waals surface area (Å²) < 4.78 is 5.62. The number of pyridine rings is 1. The Labute approximate surface area is 95.0 Å². The molecule has 2 rings (SSSR count). The predicted molar refractivity (Wildman–Crippen MR) is 59.8 cm³/mol. The molecule has 0 atom stereocenters. The van der Waals surface area contributed by atoms with Crippen LogP contribution < -0.4 is 10.5 Å². The van der Waals surface area contributed by atoms with Gasteiger partial charge in [0.1, 0.15) is 24.1 Å². The number of hydrogen-bond donors (Lipinski definition) is 1. The Bertz CT molecular complexity index is 405. The van der Waals surface area contributed by atoms with Crippen molar-refractivity contribution in [2.24, 2.45) is 5.73 Å². The van der Waals surface area contributed by atoms with Gasteiger partial charge in [-0.15, -0.1) is 0 Å². The van der Waals surface area contributed by atoms with Gasteiger partial charge in [-0.3, -0.25) is 0 Å². The van der Waals surface area contributed by atoms with Gasteiger partial charge in [-0.25, -0.2) is 4.98 Å². The van der Waals surface area contributed by atoms with Crippen LogP contribution in [0.5, 0.6) is 5.75 Å². The molecule has 1 aromatic rings. The maximum atomic E-state index is 8.70. The van der Waals surface area contributed by atoms with Gasteiger partial charge in [0.05, 0.1) is 5.54 Å². The number of aromatic nitrogens is 1. The highest BCUT2D eigenvalue weighted by Gasteiger charge is 2.30. The first kappa shape index (κ1) is 10.9. The van der Waals surface area contributed by atoms with Crippen LogP contribution in [-0.4, -0.2) is 17.1 Å². The zero-order chi connectivity index (χ0) is 11.4. The Hall–Kier alpha value is -1.60. The van der Waals surface area contributed by atoms with E-state index in [1.807, 2.05) is 6.07 Å². The second-order valence-corrected chi connectivity index (χ2v) is 4.35. The van der Waals surface area contributed by atoms with Crippen molar-refractivity contribution in [1.82, 2.24) is 4.98 Å². The molecule has 0 aromatic carbocycles. The molecule has 0 saturated heterocycles. The normalized spacial score (nSPS) is 18.0. The summed E-state index contributed by atoms with van der Waals surface area (Å²) in [4.78, 5) is 3.88. The smallest absolute Gasteiger partial charge is 0.144 e. The molecule has 1 aliphatic carbocycles. The number of ether oxygens (including phenoxy) is 1. The third-order valence-electron chi connectivity index (χ3n) is 2.97. The van der Waals surface area contributed by atoms with Crippen molar-refractivity contribution in [3.8, 4) is 11.8 Å². The van der Waals surface area contributed by atoms with Crippen LogP contribution >= 0.6 is 0 Å². The van der Waals surface area contributed by atoms with E-state index in [0.29, 0.717) is 18.1 Å². The first-order chi connectivity index (χ1) is 7.72. The Morgan fingerprint density at radius 1 is 1.50 bits per heavy atom. The van der Waals surface area contributed by atoms with E-state index in [1.165, 1.54) is 12.8 Å². The highest BCUT2D eigenvalue weighted by Crippen LogP contribution is 2.27. The average molecular weight is 217 g/mol. The second-order valence-electron chi connectivity index (χ2n) is 4.35. The van der Waals surface area contributed by atoms with Gasteiger partial charge in [-0.2, -0.15) is 5.26 Å². The van der Waals surface area contributed by atoms with Crippen molar-refractivity contribution in [1.29, 1.82) is 5.26 Å². The summed E-state index contributed by atoms with van der Waals surface area (Å²) in [6.07, 6.45) is 5.97. The lowest BCUT2D eigenvalue weighted by Gasteiger charge is -2.23. The SMILES string of the molecule is N#Cc1cc(OCC2(N)CCCC2)ccn1. The summed E-state index contributed by atoms with van der Waals surface area (Å²) >= 11 is 0. The molecular formula is C12H15N3O. The van der Waals surface area contributed by atoms with Crippen molar-refractivity contribution in [2.45, 2.75) is 31.2 Å². The van der Waals surface area contributed by atoms with Crippen LogP contribution in [0.25, 0.3) is 0 Å². The van der Waals surface area contributed by atoms with Crippen LogP contribution in [0, 0.1) is 11.3 Å². The Kier molecular flexibility index (Phi) is 3.07. The van der Waals surface area contributed by atoms with E-state index in [-0.39, 0.29) is 5.54 Å². The Morgan fingerprint density at radius 2 is 2.25 bits per heavy atom. The standard InChI is InChI=1S/C12H15N3O/c13-8-10-7-11(3-6-15-10)16-9-12(14)4-1-2-5-12/h3,6-7H,1-2,4-5,9,14H2. The molecule has 1 heterocycles. The van der Waals surface area contributed by atoms with Gasteiger partial charge in [0.2, 0.25) is 0 Å². The topological polar surface area (TPSA) is 71.9 Å². The highest BCUT2D eigenvalue weighted by atomic mass is 16.5. The average Bonchev–Trinajstić information content (AvgIpc) is 2.75. The third-order valence-corrected chi connectivity index (χ3v) is 2.97. The van der Waals surface area contributed by atoms with Crippen LogP contribution in [0.2, 0.25) is 0 Å². The number of nitriles is 1. The fourth-order valence-corrected chi connectivity index (χ4v) is 2.01. The lowest BCUT2D eigenvalue weighted by Crippen LogP contribution is -2.42. The fourth-order valence-electron chi connectivity index (χ4n) is 2.01. The molecule has 4 heteroatoms. The van der Waals surface area contributed by atoms with Crippen LogP contribution in [-0.2, 0) is 0 Å². The molecule has 1 fully saturated rings. The van der Waals surface area contributed by atoms with E-state index >= 15 is 0 Å². The van der Waals surface area contributed by atoms with Gasteiger partial charge in [-0.1, -0.05) is 12.8 Å². The van der Waals surface area contributed by atoms with Crippen molar-refractivity contribution in [3.05, 3.63) is 24.0 Å². The van der Waals surface area contributed by atoms with Gasteiger partial charge in [0.15, 0.2) is 0 Å². The molecule has 0 unspecified atom stereocenters. The van der Waals surface area contributed by atoms with Crippen LogP contribution in [0.15, 0.2) is 18.3 Å². The summed E-state index contributed by atoms with van der Waals surface area (Å²) in [6.45, 7) is 0.516. The molecule has 0 spiro atoms. The van der Waals surface area contributed by atoms with Crippen molar-refractivity contribution < 1.29 is 4.74 Å². The molecule has 0 bridgehead atoms. The first-order valence-electron chi connectivity index (χ1n) is 5.50. The molecule has 0 radical (unpaired) electrons. The van der Waals surface area contributed by atoms with Gasteiger partial charge in [-0.05, 0) is 18.9 Å². The lowest BCUT2D eigenvalue weighted by molar-refractivity contribution is 0.220. The largest absolute Gasteiger partial charge is 0.492 e. The van der Waals surface area contributed by atoms with E-state index < -0.39 is 0 Å². The minimum absolute atomic E-state index is 0.184. The molecule has 1 aromatic heterocycles. The van der Waals surface area contributed by atoms with Crippen molar-refractivity contribution in [3.63, 3.8) is 0 Å². The fraction of sp³-hybridized carbons (Fsp3) is 0.500. The zero-order valence-electron chi connectivity index (χ0n) is 9.15. The Morgan fingerprint density at radius 3 is 2.94 bits per heavy atom. The molecule has 4 nitrogen and oxygen atoms in total. The first-order valence-corrected chi connectivity index (χ1v) is 5.50. The van der Waals surface area contributed by atoms with Crippen molar-refractivity contribution in [2.75, 3.05) is 6.61 Å². The summed E-state index contributed by atoms with van der Waals surface area (Å²) in [5, 5.41) is 8.70. The number of nitrogens with two attached hydrogens (primary N) is 1.